The van der Waals surface area contributed by atoms with E-state index < -0.39 is 6.04 Å². The fourth-order valence-corrected chi connectivity index (χ4v) is 4.79. The Kier molecular flexibility index (Phi) is 8.79. The fourth-order valence-electron chi connectivity index (χ4n) is 4.64. The van der Waals surface area contributed by atoms with E-state index in [1.165, 1.54) is 6.42 Å². The Labute approximate surface area is 202 Å². The number of methoxy groups -OCH3 is 1. The highest BCUT2D eigenvalue weighted by Crippen LogP contribution is 2.31. The van der Waals surface area contributed by atoms with Crippen LogP contribution >= 0.6 is 11.6 Å². The highest BCUT2D eigenvalue weighted by Gasteiger charge is 2.35. The smallest absolute Gasteiger partial charge is 0.247 e. The molecule has 0 radical (unpaired) electrons. The number of ether oxygens (including phenoxy) is 1. The molecule has 2 aromatic rings. The van der Waals surface area contributed by atoms with E-state index in [0.29, 0.717) is 17.6 Å². The second-order valence-electron chi connectivity index (χ2n) is 9.20. The molecule has 0 aromatic heterocycles. The number of carbonyl (C=O) groups is 2. The summed E-state index contributed by atoms with van der Waals surface area (Å²) >= 11 is 6.02. The lowest BCUT2D eigenvalue weighted by Gasteiger charge is -2.37. The molecule has 33 heavy (non-hydrogen) atoms. The zero-order valence-electron chi connectivity index (χ0n) is 20.0. The Morgan fingerprint density at radius 3 is 2.55 bits per heavy atom. The highest BCUT2D eigenvalue weighted by molar-refractivity contribution is 6.27. The molecule has 178 valence electrons. The average molecular weight is 471 g/mol. The maximum absolute atomic E-state index is 13.8. The zero-order valence-corrected chi connectivity index (χ0v) is 20.8. The molecule has 1 aliphatic carbocycles. The maximum Gasteiger partial charge on any atom is 0.247 e. The largest absolute Gasteiger partial charge is 0.497 e. The summed E-state index contributed by atoms with van der Waals surface area (Å²) in [7, 11) is 1.61. The number of rotatable bonds is 8. The van der Waals surface area contributed by atoms with Gasteiger partial charge in [-0.3, -0.25) is 9.59 Å². The summed E-state index contributed by atoms with van der Waals surface area (Å²) in [4.78, 5) is 28.4. The number of nitrogens with one attached hydrogen (secondary N) is 1. The van der Waals surface area contributed by atoms with Gasteiger partial charge in [0.25, 0.3) is 0 Å². The van der Waals surface area contributed by atoms with E-state index in [-0.39, 0.29) is 30.3 Å². The molecule has 4 atom stereocenters. The molecular weight excluding hydrogens is 436 g/mol. The summed E-state index contributed by atoms with van der Waals surface area (Å²) in [5.74, 6) is 0.996. The van der Waals surface area contributed by atoms with Crippen LogP contribution in [-0.2, 0) is 16.1 Å². The predicted molar refractivity (Wildman–Crippen MR) is 132 cm³/mol. The zero-order chi connectivity index (χ0) is 24.0. The van der Waals surface area contributed by atoms with Gasteiger partial charge in [-0.1, -0.05) is 68.7 Å². The third-order valence-corrected chi connectivity index (χ3v) is 7.14. The van der Waals surface area contributed by atoms with Crippen LogP contribution < -0.4 is 10.1 Å². The molecule has 4 unspecified atom stereocenters. The van der Waals surface area contributed by atoms with E-state index in [1.807, 2.05) is 55.5 Å². The van der Waals surface area contributed by atoms with Crippen LogP contribution in [0.1, 0.15) is 55.8 Å². The van der Waals surface area contributed by atoms with E-state index in [9.17, 15) is 9.59 Å². The molecule has 0 aliphatic heterocycles. The first kappa shape index (κ1) is 25.1. The maximum atomic E-state index is 13.8. The molecule has 0 saturated heterocycles. The minimum absolute atomic E-state index is 0.0963. The lowest BCUT2D eigenvalue weighted by molar-refractivity contribution is -0.140. The molecule has 3 rings (SSSR count). The van der Waals surface area contributed by atoms with Crippen LogP contribution in [-0.4, -0.2) is 35.7 Å². The summed E-state index contributed by atoms with van der Waals surface area (Å²) in [6.07, 6.45) is 3.23. The van der Waals surface area contributed by atoms with Crippen molar-refractivity contribution in [1.29, 1.82) is 0 Å². The SMILES string of the molecule is COc1cccc(CN(C(=O)CCl)C(C(=O)NC2CCCC(C)C2C)c2ccc(C)cc2)c1. The van der Waals surface area contributed by atoms with Gasteiger partial charge in [0.1, 0.15) is 17.7 Å². The van der Waals surface area contributed by atoms with Crippen molar-refractivity contribution in [2.45, 2.75) is 58.7 Å². The second kappa shape index (κ2) is 11.6. The molecule has 5 nitrogen and oxygen atoms in total. The molecule has 1 N–H and O–H groups in total. The van der Waals surface area contributed by atoms with Gasteiger partial charge < -0.3 is 15.0 Å². The van der Waals surface area contributed by atoms with Gasteiger partial charge in [-0.2, -0.15) is 0 Å². The van der Waals surface area contributed by atoms with Crippen LogP contribution in [0.2, 0.25) is 0 Å². The molecule has 1 aliphatic rings. The van der Waals surface area contributed by atoms with Crippen molar-refractivity contribution in [3.63, 3.8) is 0 Å². The lowest BCUT2D eigenvalue weighted by atomic mass is 9.78. The first-order valence-corrected chi connectivity index (χ1v) is 12.2. The molecule has 6 heteroatoms. The molecule has 2 aromatic carbocycles. The third kappa shape index (κ3) is 6.29. The Bertz CT molecular complexity index is 947. The van der Waals surface area contributed by atoms with Crippen molar-refractivity contribution in [2.75, 3.05) is 13.0 Å². The monoisotopic (exact) mass is 470 g/mol. The normalized spacial score (nSPS) is 21.2. The van der Waals surface area contributed by atoms with Gasteiger partial charge >= 0.3 is 0 Å². The first-order valence-electron chi connectivity index (χ1n) is 11.7. The van der Waals surface area contributed by atoms with Gasteiger partial charge in [0.05, 0.1) is 7.11 Å². The molecule has 1 saturated carbocycles. The van der Waals surface area contributed by atoms with Crippen molar-refractivity contribution in [3.05, 3.63) is 65.2 Å². The molecule has 0 bridgehead atoms. The van der Waals surface area contributed by atoms with Gasteiger partial charge in [0.2, 0.25) is 11.8 Å². The molecule has 0 spiro atoms. The first-order chi connectivity index (χ1) is 15.8. The summed E-state index contributed by atoms with van der Waals surface area (Å²) in [6.45, 7) is 6.70. The van der Waals surface area contributed by atoms with Crippen molar-refractivity contribution in [1.82, 2.24) is 10.2 Å². The lowest BCUT2D eigenvalue weighted by Crippen LogP contribution is -2.50. The van der Waals surface area contributed by atoms with Gasteiger partial charge in [0, 0.05) is 12.6 Å². The number of alkyl halides is 1. The summed E-state index contributed by atoms with van der Waals surface area (Å²) in [5, 5.41) is 3.28. The van der Waals surface area contributed by atoms with E-state index in [4.69, 9.17) is 16.3 Å². The summed E-state index contributed by atoms with van der Waals surface area (Å²) < 4.78 is 5.34. The van der Waals surface area contributed by atoms with Gasteiger partial charge in [-0.05, 0) is 48.4 Å². The van der Waals surface area contributed by atoms with Crippen LogP contribution in [0.25, 0.3) is 0 Å². The van der Waals surface area contributed by atoms with Crippen LogP contribution in [0.5, 0.6) is 5.75 Å². The number of benzene rings is 2. The van der Waals surface area contributed by atoms with Crippen LogP contribution in [0.15, 0.2) is 48.5 Å². The molecule has 2 amide bonds. The van der Waals surface area contributed by atoms with Crippen molar-refractivity contribution >= 4 is 23.4 Å². The van der Waals surface area contributed by atoms with Crippen molar-refractivity contribution < 1.29 is 14.3 Å². The summed E-state index contributed by atoms with van der Waals surface area (Å²) in [5.41, 5.74) is 2.74. The van der Waals surface area contributed by atoms with E-state index in [0.717, 1.165) is 29.5 Å². The number of halogens is 1. The van der Waals surface area contributed by atoms with Gasteiger partial charge in [0.15, 0.2) is 0 Å². The van der Waals surface area contributed by atoms with E-state index in [2.05, 4.69) is 19.2 Å². The Balaban J connectivity index is 1.96. The quantitative estimate of drug-likeness (QED) is 0.536. The minimum Gasteiger partial charge on any atom is -0.497 e. The van der Waals surface area contributed by atoms with Crippen molar-refractivity contribution in [2.24, 2.45) is 11.8 Å². The third-order valence-electron chi connectivity index (χ3n) is 6.91. The van der Waals surface area contributed by atoms with Crippen LogP contribution in [0.4, 0.5) is 0 Å². The number of hydrogen-bond donors (Lipinski definition) is 1. The molecule has 1 fully saturated rings. The van der Waals surface area contributed by atoms with Crippen LogP contribution in [0, 0.1) is 18.8 Å². The highest BCUT2D eigenvalue weighted by atomic mass is 35.5. The number of amides is 2. The summed E-state index contributed by atoms with van der Waals surface area (Å²) in [6, 6.07) is 14.6. The number of carbonyl (C=O) groups excluding carboxylic acids is 2. The predicted octanol–water partition coefficient (Wildman–Crippen LogP) is 5.25. The van der Waals surface area contributed by atoms with E-state index in [1.54, 1.807) is 12.0 Å². The topological polar surface area (TPSA) is 58.6 Å². The molecule has 0 heterocycles. The van der Waals surface area contributed by atoms with E-state index >= 15 is 0 Å². The minimum atomic E-state index is -0.771. The second-order valence-corrected chi connectivity index (χ2v) is 9.47. The number of hydrogen-bond acceptors (Lipinski definition) is 3. The van der Waals surface area contributed by atoms with Gasteiger partial charge in [-0.15, -0.1) is 11.6 Å². The Morgan fingerprint density at radius 1 is 1.15 bits per heavy atom. The molecular formula is C27H35ClN2O3. The fraction of sp³-hybridized carbons (Fsp3) is 0.481. The van der Waals surface area contributed by atoms with Gasteiger partial charge in [-0.25, -0.2) is 0 Å². The standard InChI is InChI=1S/C27H35ClN2O3/c1-18-11-13-22(14-12-18)26(27(32)29-24-10-5-7-19(2)20(24)3)30(25(31)16-28)17-21-8-6-9-23(15-21)33-4/h6,8-9,11-15,19-20,24,26H,5,7,10,16-17H2,1-4H3,(H,29,32). The Morgan fingerprint density at radius 2 is 1.88 bits per heavy atom. The van der Waals surface area contributed by atoms with Crippen molar-refractivity contribution in [3.8, 4) is 5.75 Å². The number of nitrogens with zero attached hydrogens (tertiary/aromatic N) is 1. The van der Waals surface area contributed by atoms with Crippen LogP contribution in [0.3, 0.4) is 0 Å². The Hall–Kier alpha value is -2.53. The average Bonchev–Trinajstić information content (AvgIpc) is 2.82. The number of aryl methyl sites for hydroxylation is 1.